The highest BCUT2D eigenvalue weighted by atomic mass is 32.1. The third kappa shape index (κ3) is 4.96. The second kappa shape index (κ2) is 11.0. The predicted molar refractivity (Wildman–Crippen MR) is 151 cm³/mol. The van der Waals surface area contributed by atoms with Crippen LogP contribution in [-0.4, -0.2) is 42.1 Å². The van der Waals surface area contributed by atoms with Gasteiger partial charge in [-0.15, -0.1) is 0 Å². The molecule has 1 aliphatic heterocycles. The number of hydrogen-bond donors (Lipinski definition) is 1. The van der Waals surface area contributed by atoms with Crippen molar-refractivity contribution in [3.8, 4) is 17.2 Å². The molecule has 1 amide bonds. The molecule has 39 heavy (non-hydrogen) atoms. The van der Waals surface area contributed by atoms with E-state index in [1.807, 2.05) is 25.1 Å². The number of carbonyl (C=O) groups excluding carboxylic acids is 2. The van der Waals surface area contributed by atoms with E-state index in [4.69, 9.17) is 14.2 Å². The number of benzene rings is 3. The smallest absolute Gasteiger partial charge is 0.301 e. The van der Waals surface area contributed by atoms with Crippen LogP contribution in [0.5, 0.6) is 17.2 Å². The molecule has 1 unspecified atom stereocenters. The highest BCUT2D eigenvalue weighted by Crippen LogP contribution is 2.45. The molecule has 9 heteroatoms. The minimum atomic E-state index is -0.920. The fourth-order valence-electron chi connectivity index (χ4n) is 4.42. The Kier molecular flexibility index (Phi) is 7.33. The molecule has 4 aromatic rings. The molecule has 0 aliphatic carbocycles. The molecular weight excluding hydrogens is 516 g/mol. The van der Waals surface area contributed by atoms with Gasteiger partial charge in [0.15, 0.2) is 5.13 Å². The van der Waals surface area contributed by atoms with Gasteiger partial charge in [0.05, 0.1) is 35.5 Å². The van der Waals surface area contributed by atoms with Crippen molar-refractivity contribution in [1.82, 2.24) is 4.98 Å². The van der Waals surface area contributed by atoms with Gasteiger partial charge in [-0.3, -0.25) is 14.5 Å². The van der Waals surface area contributed by atoms with Gasteiger partial charge in [0, 0.05) is 5.56 Å². The number of ketones is 1. The zero-order valence-corrected chi connectivity index (χ0v) is 22.2. The molecule has 1 saturated heterocycles. The number of anilines is 1. The number of fused-ring (bicyclic) bond motifs is 1. The standard InChI is InChI=1S/C30H26N2O6S/c1-4-15-38-20-11-9-18(10-12-20)26-25(27(33)19-7-6-8-21(16-19)36-3)28(34)29(35)32(26)30-31-23-14-13-22(37-5-2)17-24(23)39-30/h4,6-14,16-17,26,33H,1,5,15H2,2-3H3/b27-25+. The lowest BCUT2D eigenvalue weighted by Gasteiger charge is -2.23. The van der Waals surface area contributed by atoms with Gasteiger partial charge in [-0.1, -0.05) is 48.3 Å². The molecule has 1 aliphatic rings. The quantitative estimate of drug-likeness (QED) is 0.122. The van der Waals surface area contributed by atoms with E-state index in [1.54, 1.807) is 54.6 Å². The number of Topliss-reactive ketones (excluding diaryl/α,β-unsaturated/α-hetero) is 1. The SMILES string of the molecule is C=CCOc1ccc(C2/C(=C(\O)c3cccc(OC)c3)C(=O)C(=O)N2c2nc3ccc(OCC)cc3s2)cc1. The van der Waals surface area contributed by atoms with Crippen LogP contribution in [0.15, 0.2) is 85.0 Å². The maximum absolute atomic E-state index is 13.5. The van der Waals surface area contributed by atoms with Crippen LogP contribution in [0.4, 0.5) is 5.13 Å². The summed E-state index contributed by atoms with van der Waals surface area (Å²) in [5.41, 5.74) is 1.59. The summed E-state index contributed by atoms with van der Waals surface area (Å²) in [5, 5.41) is 11.7. The largest absolute Gasteiger partial charge is 0.507 e. The Hall–Kier alpha value is -4.63. The third-order valence-corrected chi connectivity index (χ3v) is 7.23. The van der Waals surface area contributed by atoms with Crippen LogP contribution < -0.4 is 19.1 Å². The minimum Gasteiger partial charge on any atom is -0.507 e. The Balaban J connectivity index is 1.66. The number of thiazole rings is 1. The number of ether oxygens (including phenoxy) is 3. The first-order chi connectivity index (χ1) is 18.9. The summed E-state index contributed by atoms with van der Waals surface area (Å²) in [7, 11) is 1.51. The van der Waals surface area contributed by atoms with Crippen LogP contribution in [0.25, 0.3) is 16.0 Å². The maximum atomic E-state index is 13.5. The van der Waals surface area contributed by atoms with Crippen molar-refractivity contribution in [2.75, 3.05) is 25.2 Å². The Labute approximate surface area is 229 Å². The van der Waals surface area contributed by atoms with E-state index in [1.165, 1.54) is 23.3 Å². The summed E-state index contributed by atoms with van der Waals surface area (Å²) in [5.74, 6) is -0.0860. The lowest BCUT2D eigenvalue weighted by atomic mass is 9.95. The topological polar surface area (TPSA) is 98.2 Å². The van der Waals surface area contributed by atoms with Crippen LogP contribution in [0.2, 0.25) is 0 Å². The average Bonchev–Trinajstić information content (AvgIpc) is 3.49. The lowest BCUT2D eigenvalue weighted by Crippen LogP contribution is -2.29. The number of aliphatic hydroxyl groups excluding tert-OH is 1. The van der Waals surface area contributed by atoms with Crippen molar-refractivity contribution in [3.63, 3.8) is 0 Å². The summed E-state index contributed by atoms with van der Waals surface area (Å²) >= 11 is 1.27. The van der Waals surface area contributed by atoms with Crippen molar-refractivity contribution in [2.45, 2.75) is 13.0 Å². The molecule has 8 nitrogen and oxygen atoms in total. The second-order valence-electron chi connectivity index (χ2n) is 8.63. The van der Waals surface area contributed by atoms with Gasteiger partial charge in [-0.05, 0) is 55.0 Å². The second-order valence-corrected chi connectivity index (χ2v) is 9.64. The molecular formula is C30H26N2O6S. The van der Waals surface area contributed by atoms with Crippen molar-refractivity contribution < 1.29 is 28.9 Å². The monoisotopic (exact) mass is 542 g/mol. The number of aromatic nitrogens is 1. The molecule has 0 spiro atoms. The Morgan fingerprint density at radius 2 is 1.82 bits per heavy atom. The van der Waals surface area contributed by atoms with Gasteiger partial charge in [0.2, 0.25) is 0 Å². The van der Waals surface area contributed by atoms with E-state index in [0.29, 0.717) is 52.2 Å². The van der Waals surface area contributed by atoms with E-state index in [0.717, 1.165) is 4.70 Å². The molecule has 0 bridgehead atoms. The highest BCUT2D eigenvalue weighted by Gasteiger charge is 2.48. The average molecular weight is 543 g/mol. The number of nitrogens with zero attached hydrogens (tertiary/aromatic N) is 2. The number of hydrogen-bond acceptors (Lipinski definition) is 8. The fraction of sp³-hybridized carbons (Fsp3) is 0.167. The fourth-order valence-corrected chi connectivity index (χ4v) is 5.45. The Bertz CT molecular complexity index is 1590. The van der Waals surface area contributed by atoms with Crippen LogP contribution >= 0.6 is 11.3 Å². The van der Waals surface area contributed by atoms with Crippen LogP contribution in [0, 0.1) is 0 Å². The molecule has 1 atom stereocenters. The van der Waals surface area contributed by atoms with Gasteiger partial charge in [-0.25, -0.2) is 4.98 Å². The zero-order valence-electron chi connectivity index (χ0n) is 21.4. The number of carbonyl (C=O) groups is 2. The molecule has 1 aromatic heterocycles. The molecule has 1 fully saturated rings. The van der Waals surface area contributed by atoms with Gasteiger partial charge >= 0.3 is 5.91 Å². The first-order valence-electron chi connectivity index (χ1n) is 12.3. The number of methoxy groups -OCH3 is 1. The first-order valence-corrected chi connectivity index (χ1v) is 13.1. The molecule has 3 aromatic carbocycles. The lowest BCUT2D eigenvalue weighted by molar-refractivity contribution is -0.132. The molecule has 0 saturated carbocycles. The number of amides is 1. The molecule has 1 N–H and O–H groups in total. The van der Waals surface area contributed by atoms with Crippen molar-refractivity contribution in [2.24, 2.45) is 0 Å². The van der Waals surface area contributed by atoms with E-state index < -0.39 is 17.7 Å². The van der Waals surface area contributed by atoms with E-state index in [2.05, 4.69) is 11.6 Å². The van der Waals surface area contributed by atoms with Crippen LogP contribution in [0.1, 0.15) is 24.1 Å². The zero-order chi connectivity index (χ0) is 27.5. The van der Waals surface area contributed by atoms with Gasteiger partial charge < -0.3 is 19.3 Å². The summed E-state index contributed by atoms with van der Waals surface area (Å²) < 4.78 is 17.3. The molecule has 2 heterocycles. The minimum absolute atomic E-state index is 0.0396. The summed E-state index contributed by atoms with van der Waals surface area (Å²) in [6.45, 7) is 6.41. The first kappa shape index (κ1) is 26.0. The third-order valence-electron chi connectivity index (χ3n) is 6.22. The Morgan fingerprint density at radius 1 is 1.05 bits per heavy atom. The molecule has 0 radical (unpaired) electrons. The molecule has 198 valence electrons. The van der Waals surface area contributed by atoms with Gasteiger partial charge in [0.25, 0.3) is 5.78 Å². The number of rotatable bonds is 9. The van der Waals surface area contributed by atoms with E-state index >= 15 is 0 Å². The predicted octanol–water partition coefficient (Wildman–Crippen LogP) is 5.89. The maximum Gasteiger partial charge on any atom is 0.301 e. The summed E-state index contributed by atoms with van der Waals surface area (Å²) in [4.78, 5) is 33.0. The number of aliphatic hydroxyl groups is 1. The van der Waals surface area contributed by atoms with E-state index in [-0.39, 0.29) is 11.3 Å². The van der Waals surface area contributed by atoms with Gasteiger partial charge in [-0.2, -0.15) is 0 Å². The normalized spacial score (nSPS) is 16.5. The summed E-state index contributed by atoms with van der Waals surface area (Å²) in [6.07, 6.45) is 1.64. The molecule has 5 rings (SSSR count). The van der Waals surface area contributed by atoms with Crippen LogP contribution in [-0.2, 0) is 9.59 Å². The van der Waals surface area contributed by atoms with Crippen LogP contribution in [0.3, 0.4) is 0 Å². The van der Waals surface area contributed by atoms with E-state index in [9.17, 15) is 14.7 Å². The van der Waals surface area contributed by atoms with Crippen molar-refractivity contribution in [3.05, 3.63) is 96.1 Å². The summed E-state index contributed by atoms with van der Waals surface area (Å²) in [6, 6.07) is 18.3. The van der Waals surface area contributed by atoms with Crippen molar-refractivity contribution in [1.29, 1.82) is 0 Å². The van der Waals surface area contributed by atoms with Gasteiger partial charge in [0.1, 0.15) is 29.6 Å². The Morgan fingerprint density at radius 3 is 2.54 bits per heavy atom. The highest BCUT2D eigenvalue weighted by molar-refractivity contribution is 7.22. The van der Waals surface area contributed by atoms with Crippen molar-refractivity contribution >= 4 is 44.1 Å².